The third kappa shape index (κ3) is 3.21. The number of carbonyl (C=O) groups is 1. The Balaban J connectivity index is 1.65. The number of ketones is 1. The van der Waals surface area contributed by atoms with Gasteiger partial charge in [0.2, 0.25) is 0 Å². The van der Waals surface area contributed by atoms with Crippen molar-refractivity contribution < 1.29 is 4.79 Å². The Morgan fingerprint density at radius 1 is 1.21 bits per heavy atom. The van der Waals surface area contributed by atoms with E-state index in [9.17, 15) is 4.79 Å². The SMILES string of the molecule is O=C(Cc1csc2ccccc12)CC1CCSCC1. The van der Waals surface area contributed by atoms with Crippen molar-refractivity contribution in [2.24, 2.45) is 5.92 Å². The molecule has 1 saturated heterocycles. The summed E-state index contributed by atoms with van der Waals surface area (Å²) < 4.78 is 1.29. The number of thioether (sulfide) groups is 1. The Labute approximate surface area is 122 Å². The van der Waals surface area contributed by atoms with Gasteiger partial charge in [-0.15, -0.1) is 11.3 Å². The molecule has 0 amide bonds. The fourth-order valence-electron chi connectivity index (χ4n) is 2.73. The molecule has 2 heterocycles. The molecule has 3 rings (SSSR count). The second kappa shape index (κ2) is 6.10. The first kappa shape index (κ1) is 13.2. The zero-order valence-electron chi connectivity index (χ0n) is 10.9. The van der Waals surface area contributed by atoms with Crippen LogP contribution in [0.1, 0.15) is 24.8 Å². The summed E-state index contributed by atoms with van der Waals surface area (Å²) in [6.45, 7) is 0. The van der Waals surface area contributed by atoms with E-state index < -0.39 is 0 Å². The highest BCUT2D eigenvalue weighted by Gasteiger charge is 2.18. The summed E-state index contributed by atoms with van der Waals surface area (Å²) >= 11 is 3.77. The second-order valence-electron chi connectivity index (χ2n) is 5.23. The number of rotatable bonds is 4. The van der Waals surface area contributed by atoms with Gasteiger partial charge in [0.1, 0.15) is 5.78 Å². The zero-order valence-corrected chi connectivity index (χ0v) is 12.6. The lowest BCUT2D eigenvalue weighted by atomic mass is 9.94. The van der Waals surface area contributed by atoms with E-state index in [1.807, 2.05) is 11.8 Å². The van der Waals surface area contributed by atoms with Crippen molar-refractivity contribution in [1.82, 2.24) is 0 Å². The molecule has 1 aromatic carbocycles. The van der Waals surface area contributed by atoms with Crippen LogP contribution < -0.4 is 0 Å². The van der Waals surface area contributed by atoms with E-state index in [-0.39, 0.29) is 0 Å². The van der Waals surface area contributed by atoms with Gasteiger partial charge >= 0.3 is 0 Å². The summed E-state index contributed by atoms with van der Waals surface area (Å²) in [4.78, 5) is 12.2. The maximum Gasteiger partial charge on any atom is 0.137 e. The van der Waals surface area contributed by atoms with Crippen LogP contribution in [-0.4, -0.2) is 17.3 Å². The van der Waals surface area contributed by atoms with E-state index in [1.54, 1.807) is 11.3 Å². The minimum atomic E-state index is 0.417. The Bertz CT molecular complexity index is 567. The third-order valence-corrected chi connectivity index (χ3v) is 5.87. The van der Waals surface area contributed by atoms with Gasteiger partial charge in [-0.3, -0.25) is 4.79 Å². The molecular weight excluding hydrogens is 272 g/mol. The van der Waals surface area contributed by atoms with Gasteiger partial charge in [-0.05, 0) is 52.7 Å². The molecule has 2 aromatic rings. The van der Waals surface area contributed by atoms with Crippen LogP contribution in [0.25, 0.3) is 10.1 Å². The Morgan fingerprint density at radius 2 is 2.00 bits per heavy atom. The van der Waals surface area contributed by atoms with Gasteiger partial charge in [0.05, 0.1) is 0 Å². The zero-order chi connectivity index (χ0) is 13.1. The van der Waals surface area contributed by atoms with Gasteiger partial charge in [-0.2, -0.15) is 11.8 Å². The molecule has 3 heteroatoms. The molecule has 0 aliphatic carbocycles. The lowest BCUT2D eigenvalue weighted by Crippen LogP contribution is -2.15. The first-order valence-electron chi connectivity index (χ1n) is 6.87. The highest BCUT2D eigenvalue weighted by molar-refractivity contribution is 7.99. The summed E-state index contributed by atoms with van der Waals surface area (Å²) in [6, 6.07) is 8.38. The average molecular weight is 290 g/mol. The maximum absolute atomic E-state index is 12.2. The first-order valence-corrected chi connectivity index (χ1v) is 8.91. The smallest absolute Gasteiger partial charge is 0.137 e. The summed E-state index contributed by atoms with van der Waals surface area (Å²) in [5.41, 5.74) is 1.22. The maximum atomic E-state index is 12.2. The molecule has 19 heavy (non-hydrogen) atoms. The van der Waals surface area contributed by atoms with Gasteiger partial charge in [0.15, 0.2) is 0 Å². The predicted molar refractivity (Wildman–Crippen MR) is 85.2 cm³/mol. The molecule has 0 saturated carbocycles. The largest absolute Gasteiger partial charge is 0.299 e. The van der Waals surface area contributed by atoms with Gasteiger partial charge in [-0.1, -0.05) is 18.2 Å². The fraction of sp³-hybridized carbons (Fsp3) is 0.438. The van der Waals surface area contributed by atoms with Crippen LogP contribution in [0.5, 0.6) is 0 Å². The fourth-order valence-corrected chi connectivity index (χ4v) is 4.89. The quantitative estimate of drug-likeness (QED) is 0.822. The Hall–Kier alpha value is -0.800. The van der Waals surface area contributed by atoms with Gasteiger partial charge in [0.25, 0.3) is 0 Å². The monoisotopic (exact) mass is 290 g/mol. The molecule has 0 radical (unpaired) electrons. The number of hydrogen-bond donors (Lipinski definition) is 0. The molecule has 100 valence electrons. The molecule has 1 fully saturated rings. The normalized spacial score (nSPS) is 16.8. The third-order valence-electron chi connectivity index (χ3n) is 3.81. The van der Waals surface area contributed by atoms with Crippen LogP contribution in [0.4, 0.5) is 0 Å². The second-order valence-corrected chi connectivity index (χ2v) is 7.37. The number of thiophene rings is 1. The Kier molecular flexibility index (Phi) is 4.24. The van der Waals surface area contributed by atoms with Gasteiger partial charge in [-0.25, -0.2) is 0 Å². The summed E-state index contributed by atoms with van der Waals surface area (Å²) in [5.74, 6) is 3.53. The first-order chi connectivity index (χ1) is 9.33. The highest BCUT2D eigenvalue weighted by Crippen LogP contribution is 2.28. The molecular formula is C16H18OS2. The van der Waals surface area contributed by atoms with Crippen molar-refractivity contribution in [1.29, 1.82) is 0 Å². The van der Waals surface area contributed by atoms with Crippen LogP contribution >= 0.6 is 23.1 Å². The highest BCUT2D eigenvalue weighted by atomic mass is 32.2. The molecule has 0 spiro atoms. The van der Waals surface area contributed by atoms with Crippen LogP contribution in [0.3, 0.4) is 0 Å². The molecule has 1 nitrogen and oxygen atoms in total. The molecule has 1 aromatic heterocycles. The van der Waals surface area contributed by atoms with Crippen molar-refractivity contribution in [3.05, 3.63) is 35.2 Å². The number of fused-ring (bicyclic) bond motifs is 1. The topological polar surface area (TPSA) is 17.1 Å². The summed E-state index contributed by atoms with van der Waals surface area (Å²) in [6.07, 6.45) is 3.85. The molecule has 0 unspecified atom stereocenters. The molecule has 1 aliphatic heterocycles. The molecule has 1 aliphatic rings. The van der Waals surface area contributed by atoms with E-state index in [0.717, 1.165) is 6.42 Å². The van der Waals surface area contributed by atoms with Crippen molar-refractivity contribution in [2.45, 2.75) is 25.7 Å². The molecule has 0 atom stereocenters. The van der Waals surface area contributed by atoms with E-state index in [2.05, 4.69) is 29.6 Å². The van der Waals surface area contributed by atoms with Crippen LogP contribution in [0, 0.1) is 5.92 Å². The number of benzene rings is 1. The van der Waals surface area contributed by atoms with Crippen LogP contribution in [0.2, 0.25) is 0 Å². The summed E-state index contributed by atoms with van der Waals surface area (Å²) in [7, 11) is 0. The molecule has 0 N–H and O–H groups in total. The van der Waals surface area contributed by atoms with E-state index in [1.165, 1.54) is 40.0 Å². The minimum Gasteiger partial charge on any atom is -0.299 e. The lowest BCUT2D eigenvalue weighted by Gasteiger charge is -2.20. The van der Waals surface area contributed by atoms with E-state index >= 15 is 0 Å². The van der Waals surface area contributed by atoms with Gasteiger partial charge < -0.3 is 0 Å². The summed E-state index contributed by atoms with van der Waals surface area (Å²) in [5, 5.41) is 3.42. The minimum absolute atomic E-state index is 0.417. The molecule has 0 bridgehead atoms. The van der Waals surface area contributed by atoms with Crippen molar-refractivity contribution in [2.75, 3.05) is 11.5 Å². The number of Topliss-reactive ketones (excluding diaryl/α,β-unsaturated/α-hetero) is 1. The predicted octanol–water partition coefficient (Wildman–Crippen LogP) is 4.55. The van der Waals surface area contributed by atoms with E-state index in [0.29, 0.717) is 18.1 Å². The van der Waals surface area contributed by atoms with Crippen molar-refractivity contribution in [3.8, 4) is 0 Å². The van der Waals surface area contributed by atoms with Crippen LogP contribution in [-0.2, 0) is 11.2 Å². The van der Waals surface area contributed by atoms with E-state index in [4.69, 9.17) is 0 Å². The standard InChI is InChI=1S/C16H18OS2/c17-14(9-12-5-7-18-8-6-12)10-13-11-19-16-4-2-1-3-15(13)16/h1-4,11-12H,5-10H2. The Morgan fingerprint density at radius 3 is 2.84 bits per heavy atom. The number of hydrogen-bond acceptors (Lipinski definition) is 3. The number of carbonyl (C=O) groups excluding carboxylic acids is 1. The van der Waals surface area contributed by atoms with Crippen molar-refractivity contribution in [3.63, 3.8) is 0 Å². The lowest BCUT2D eigenvalue weighted by molar-refractivity contribution is -0.119. The van der Waals surface area contributed by atoms with Gasteiger partial charge in [0, 0.05) is 17.5 Å². The van der Waals surface area contributed by atoms with Crippen molar-refractivity contribution >= 4 is 39.0 Å². The van der Waals surface area contributed by atoms with Crippen LogP contribution in [0.15, 0.2) is 29.6 Å². The average Bonchev–Trinajstić information content (AvgIpc) is 2.83.